The minimum atomic E-state index is 0.0253. The minimum absolute atomic E-state index is 0.0253. The molecule has 0 radical (unpaired) electrons. The third-order valence-corrected chi connectivity index (χ3v) is 8.61. The Morgan fingerprint density at radius 1 is 0.471 bits per heavy atom. The molecule has 0 aliphatic heterocycles. The predicted octanol–water partition coefficient (Wildman–Crippen LogP) is 9.69. The highest BCUT2D eigenvalue weighted by Crippen LogP contribution is 2.49. The van der Waals surface area contributed by atoms with Gasteiger partial charge in [-0.1, -0.05) is 105 Å². The van der Waals surface area contributed by atoms with E-state index in [-0.39, 0.29) is 5.41 Å². The molecule has 0 atom stereocenters. The van der Waals surface area contributed by atoms with Crippen LogP contribution in [0.4, 0.5) is 0 Å². The maximum atomic E-state index is 2.41. The van der Waals surface area contributed by atoms with Crippen molar-refractivity contribution in [1.29, 1.82) is 0 Å². The van der Waals surface area contributed by atoms with E-state index in [9.17, 15) is 0 Å². The standard InChI is InChI=1S/C33H24S/c1-33(2)29-11-7-6-10-25(29)26-15-12-22(18-30(26)33)24-14-17-28-27-16-13-23(21-8-4-3-5-9-21)19-31(27)34-32(28)20-24/h3-20H,1-2H3. The van der Waals surface area contributed by atoms with Crippen molar-refractivity contribution in [3.63, 3.8) is 0 Å². The van der Waals surface area contributed by atoms with Crippen LogP contribution in [0.15, 0.2) is 109 Å². The number of hydrogen-bond donors (Lipinski definition) is 0. The molecule has 0 N–H and O–H groups in total. The van der Waals surface area contributed by atoms with Crippen LogP contribution in [0.5, 0.6) is 0 Å². The zero-order valence-corrected chi connectivity index (χ0v) is 20.1. The second kappa shape index (κ2) is 7.16. The number of benzene rings is 5. The SMILES string of the molecule is CC1(C)c2ccccc2-c2ccc(-c3ccc4c(c3)sc3cc(-c5ccccc5)ccc34)cc21. The topological polar surface area (TPSA) is 0 Å². The van der Waals surface area contributed by atoms with Gasteiger partial charge in [0.05, 0.1) is 0 Å². The van der Waals surface area contributed by atoms with Crippen LogP contribution >= 0.6 is 11.3 Å². The number of fused-ring (bicyclic) bond motifs is 6. The van der Waals surface area contributed by atoms with Gasteiger partial charge in [-0.3, -0.25) is 0 Å². The van der Waals surface area contributed by atoms with Gasteiger partial charge in [0, 0.05) is 25.6 Å². The van der Waals surface area contributed by atoms with Gasteiger partial charge in [-0.05, 0) is 62.7 Å². The van der Waals surface area contributed by atoms with Gasteiger partial charge in [0.25, 0.3) is 0 Å². The third kappa shape index (κ3) is 2.84. The lowest BCUT2D eigenvalue weighted by Gasteiger charge is -2.22. The molecule has 162 valence electrons. The van der Waals surface area contributed by atoms with E-state index >= 15 is 0 Å². The summed E-state index contributed by atoms with van der Waals surface area (Å²) in [5.41, 5.74) is 10.8. The van der Waals surface area contributed by atoms with Gasteiger partial charge in [0.15, 0.2) is 0 Å². The normalized spacial score (nSPS) is 13.8. The highest BCUT2D eigenvalue weighted by molar-refractivity contribution is 7.25. The Hall–Kier alpha value is -3.68. The van der Waals surface area contributed by atoms with Crippen LogP contribution in [0.2, 0.25) is 0 Å². The molecule has 1 heteroatoms. The van der Waals surface area contributed by atoms with Crippen LogP contribution < -0.4 is 0 Å². The van der Waals surface area contributed by atoms with Crippen LogP contribution in [0.3, 0.4) is 0 Å². The van der Waals surface area contributed by atoms with Gasteiger partial charge in [-0.2, -0.15) is 0 Å². The first-order chi connectivity index (χ1) is 16.6. The van der Waals surface area contributed by atoms with Crippen LogP contribution in [-0.2, 0) is 5.41 Å². The summed E-state index contributed by atoms with van der Waals surface area (Å²) < 4.78 is 2.69. The number of hydrogen-bond acceptors (Lipinski definition) is 1. The van der Waals surface area contributed by atoms with E-state index in [0.29, 0.717) is 0 Å². The van der Waals surface area contributed by atoms with Crippen molar-refractivity contribution in [2.75, 3.05) is 0 Å². The van der Waals surface area contributed by atoms with E-state index in [4.69, 9.17) is 0 Å². The molecule has 0 unspecified atom stereocenters. The second-order valence-corrected chi connectivity index (χ2v) is 10.9. The van der Waals surface area contributed by atoms with E-state index in [0.717, 1.165) is 0 Å². The lowest BCUT2D eigenvalue weighted by Crippen LogP contribution is -2.14. The summed E-state index contributed by atoms with van der Waals surface area (Å²) in [7, 11) is 0. The Kier molecular flexibility index (Phi) is 4.16. The molecule has 0 amide bonds. The quantitative estimate of drug-likeness (QED) is 0.245. The average molecular weight is 453 g/mol. The Morgan fingerprint density at radius 3 is 1.76 bits per heavy atom. The van der Waals surface area contributed by atoms with Gasteiger partial charge in [-0.25, -0.2) is 0 Å². The molecule has 1 aliphatic rings. The third-order valence-electron chi connectivity index (χ3n) is 7.50. The lowest BCUT2D eigenvalue weighted by molar-refractivity contribution is 0.660. The molecule has 7 rings (SSSR count). The van der Waals surface area contributed by atoms with Crippen molar-refractivity contribution < 1.29 is 0 Å². The van der Waals surface area contributed by atoms with E-state index in [2.05, 4.69) is 123 Å². The van der Waals surface area contributed by atoms with Gasteiger partial charge in [0.2, 0.25) is 0 Å². The Labute approximate surface area is 204 Å². The monoisotopic (exact) mass is 452 g/mol. The van der Waals surface area contributed by atoms with Crippen molar-refractivity contribution >= 4 is 31.5 Å². The molecule has 0 fully saturated rings. The maximum absolute atomic E-state index is 2.41. The molecule has 0 bridgehead atoms. The van der Waals surface area contributed by atoms with Gasteiger partial charge in [0.1, 0.15) is 0 Å². The van der Waals surface area contributed by atoms with E-state index < -0.39 is 0 Å². The molecule has 1 heterocycles. The fourth-order valence-corrected chi connectivity index (χ4v) is 6.84. The molecule has 1 aliphatic carbocycles. The first kappa shape index (κ1) is 19.8. The maximum Gasteiger partial charge on any atom is 0.0361 e. The van der Waals surface area contributed by atoms with Gasteiger partial charge >= 0.3 is 0 Å². The molecule has 0 saturated heterocycles. The molecule has 0 saturated carbocycles. The van der Waals surface area contributed by atoms with E-state index in [1.54, 1.807) is 0 Å². The second-order valence-electron chi connectivity index (χ2n) is 9.82. The summed E-state index contributed by atoms with van der Waals surface area (Å²) >= 11 is 1.89. The molecular weight excluding hydrogens is 428 g/mol. The first-order valence-electron chi connectivity index (χ1n) is 11.9. The molecular formula is C33H24S. The van der Waals surface area contributed by atoms with Crippen molar-refractivity contribution in [3.8, 4) is 33.4 Å². The van der Waals surface area contributed by atoms with Crippen molar-refractivity contribution in [2.24, 2.45) is 0 Å². The Morgan fingerprint density at radius 2 is 1.03 bits per heavy atom. The van der Waals surface area contributed by atoms with Gasteiger partial charge < -0.3 is 0 Å². The number of thiophene rings is 1. The lowest BCUT2D eigenvalue weighted by atomic mass is 9.81. The zero-order valence-electron chi connectivity index (χ0n) is 19.3. The Balaban J connectivity index is 1.34. The highest BCUT2D eigenvalue weighted by Gasteiger charge is 2.35. The fraction of sp³-hybridized carbons (Fsp3) is 0.0909. The summed E-state index contributed by atoms with van der Waals surface area (Å²) in [5, 5.41) is 2.69. The minimum Gasteiger partial charge on any atom is -0.135 e. The van der Waals surface area contributed by atoms with Crippen LogP contribution in [-0.4, -0.2) is 0 Å². The van der Waals surface area contributed by atoms with E-state index in [1.165, 1.54) is 64.7 Å². The van der Waals surface area contributed by atoms with Crippen molar-refractivity contribution in [1.82, 2.24) is 0 Å². The molecule has 5 aromatic carbocycles. The van der Waals surface area contributed by atoms with Crippen LogP contribution in [0.25, 0.3) is 53.6 Å². The molecule has 0 nitrogen and oxygen atoms in total. The summed E-state index contributed by atoms with van der Waals surface area (Å²) in [6.45, 7) is 4.70. The molecule has 0 spiro atoms. The fourth-order valence-electron chi connectivity index (χ4n) is 5.65. The average Bonchev–Trinajstić information content (AvgIpc) is 3.36. The number of rotatable bonds is 2. The largest absolute Gasteiger partial charge is 0.135 e. The molecule has 6 aromatic rings. The summed E-state index contributed by atoms with van der Waals surface area (Å²) in [4.78, 5) is 0. The van der Waals surface area contributed by atoms with Crippen LogP contribution in [0.1, 0.15) is 25.0 Å². The first-order valence-corrected chi connectivity index (χ1v) is 12.7. The molecule has 1 aromatic heterocycles. The molecule has 34 heavy (non-hydrogen) atoms. The highest BCUT2D eigenvalue weighted by atomic mass is 32.1. The smallest absolute Gasteiger partial charge is 0.0361 e. The van der Waals surface area contributed by atoms with E-state index in [1.807, 2.05) is 11.3 Å². The van der Waals surface area contributed by atoms with Crippen LogP contribution in [0, 0.1) is 0 Å². The van der Waals surface area contributed by atoms with Crippen molar-refractivity contribution in [2.45, 2.75) is 19.3 Å². The Bertz CT molecular complexity index is 1720. The van der Waals surface area contributed by atoms with Crippen molar-refractivity contribution in [3.05, 3.63) is 120 Å². The summed E-state index contributed by atoms with van der Waals surface area (Å²) in [6, 6.07) is 40.3. The zero-order chi connectivity index (χ0) is 22.9. The van der Waals surface area contributed by atoms with Gasteiger partial charge in [-0.15, -0.1) is 11.3 Å². The summed E-state index contributed by atoms with van der Waals surface area (Å²) in [5.74, 6) is 0. The summed E-state index contributed by atoms with van der Waals surface area (Å²) in [6.07, 6.45) is 0. The predicted molar refractivity (Wildman–Crippen MR) is 148 cm³/mol.